The number of ketones is 1. The van der Waals surface area contributed by atoms with Crippen molar-refractivity contribution in [1.29, 1.82) is 0 Å². The zero-order valence-corrected chi connectivity index (χ0v) is 7.23. The molecule has 0 aromatic carbocycles. The summed E-state index contributed by atoms with van der Waals surface area (Å²) >= 11 is 0. The van der Waals surface area contributed by atoms with Gasteiger partial charge < -0.3 is 9.84 Å². The maximum Gasteiger partial charge on any atom is 0.376 e. The summed E-state index contributed by atoms with van der Waals surface area (Å²) in [6.07, 6.45) is 4.66. The second-order valence-electron chi connectivity index (χ2n) is 3.01. The van der Waals surface area contributed by atoms with Crippen LogP contribution in [0.2, 0.25) is 0 Å². The van der Waals surface area contributed by atoms with Gasteiger partial charge in [0.25, 0.3) is 5.78 Å². The third-order valence-corrected chi connectivity index (χ3v) is 1.93. The van der Waals surface area contributed by atoms with Gasteiger partial charge in [0.15, 0.2) is 0 Å². The van der Waals surface area contributed by atoms with Gasteiger partial charge in [-0.25, -0.2) is 4.79 Å². The summed E-state index contributed by atoms with van der Waals surface area (Å²) in [5.74, 6) is -2.09. The molecule has 1 atom stereocenters. The molecule has 1 saturated heterocycles. The minimum absolute atomic E-state index is 0.192. The van der Waals surface area contributed by atoms with Crippen molar-refractivity contribution < 1.29 is 19.4 Å². The molecule has 4 nitrogen and oxygen atoms in total. The van der Waals surface area contributed by atoms with Crippen molar-refractivity contribution >= 4 is 11.8 Å². The molecule has 0 radical (unpaired) electrons. The summed E-state index contributed by atoms with van der Waals surface area (Å²) in [5, 5.41) is 8.28. The van der Waals surface area contributed by atoms with Crippen LogP contribution in [0.3, 0.4) is 0 Å². The zero-order chi connectivity index (χ0) is 9.68. The van der Waals surface area contributed by atoms with Gasteiger partial charge in [-0.05, 0) is 18.9 Å². The van der Waals surface area contributed by atoms with E-state index in [0.29, 0.717) is 6.61 Å². The number of carbonyl (C=O) groups is 2. The minimum Gasteiger partial charge on any atom is -0.475 e. The van der Waals surface area contributed by atoms with Crippen LogP contribution in [0.15, 0.2) is 12.2 Å². The van der Waals surface area contributed by atoms with Gasteiger partial charge in [-0.3, -0.25) is 4.79 Å². The lowest BCUT2D eigenvalue weighted by molar-refractivity contribution is -0.146. The fourth-order valence-corrected chi connectivity index (χ4v) is 1.21. The summed E-state index contributed by atoms with van der Waals surface area (Å²) < 4.78 is 5.16. The smallest absolute Gasteiger partial charge is 0.376 e. The van der Waals surface area contributed by atoms with Crippen molar-refractivity contribution in [3.63, 3.8) is 0 Å². The number of hydrogen-bond acceptors (Lipinski definition) is 3. The topological polar surface area (TPSA) is 63.6 Å². The minimum atomic E-state index is -1.41. The molecule has 72 valence electrons. The van der Waals surface area contributed by atoms with Crippen molar-refractivity contribution in [2.75, 3.05) is 13.2 Å². The van der Waals surface area contributed by atoms with Gasteiger partial charge in [-0.1, -0.05) is 6.08 Å². The van der Waals surface area contributed by atoms with Crippen LogP contribution in [0.1, 0.15) is 12.8 Å². The van der Waals surface area contributed by atoms with Crippen molar-refractivity contribution in [2.45, 2.75) is 12.8 Å². The molecule has 0 aromatic rings. The third-order valence-electron chi connectivity index (χ3n) is 1.93. The van der Waals surface area contributed by atoms with E-state index in [2.05, 4.69) is 0 Å². The Morgan fingerprint density at radius 2 is 2.23 bits per heavy atom. The Morgan fingerprint density at radius 1 is 1.46 bits per heavy atom. The van der Waals surface area contributed by atoms with Crippen molar-refractivity contribution in [3.05, 3.63) is 12.2 Å². The van der Waals surface area contributed by atoms with E-state index in [1.807, 2.05) is 0 Å². The highest BCUT2D eigenvalue weighted by molar-refractivity contribution is 6.37. The lowest BCUT2D eigenvalue weighted by Gasteiger charge is -2.18. The first-order valence-corrected chi connectivity index (χ1v) is 4.23. The summed E-state index contributed by atoms with van der Waals surface area (Å²) in [7, 11) is 0. The van der Waals surface area contributed by atoms with Crippen molar-refractivity contribution in [1.82, 2.24) is 0 Å². The number of carboxylic acids is 1. The van der Waals surface area contributed by atoms with E-state index in [1.54, 1.807) is 6.08 Å². The first-order chi connectivity index (χ1) is 6.20. The van der Waals surface area contributed by atoms with E-state index in [4.69, 9.17) is 9.84 Å². The molecule has 0 aromatic heterocycles. The predicted octanol–water partition coefficient (Wildman–Crippen LogP) is 0.623. The van der Waals surface area contributed by atoms with E-state index < -0.39 is 11.8 Å². The van der Waals surface area contributed by atoms with Crippen LogP contribution in [-0.2, 0) is 14.3 Å². The largest absolute Gasteiger partial charge is 0.475 e. The molecule has 1 rings (SSSR count). The van der Waals surface area contributed by atoms with Crippen LogP contribution in [-0.4, -0.2) is 30.1 Å². The van der Waals surface area contributed by atoms with Gasteiger partial charge in [0.2, 0.25) is 0 Å². The second-order valence-corrected chi connectivity index (χ2v) is 3.01. The molecule has 1 aliphatic heterocycles. The Bertz CT molecular complexity index is 226. The van der Waals surface area contributed by atoms with Crippen LogP contribution in [0, 0.1) is 5.92 Å². The Balaban J connectivity index is 2.37. The Kier molecular flexibility index (Phi) is 3.64. The predicted molar refractivity (Wildman–Crippen MR) is 45.3 cm³/mol. The molecule has 4 heteroatoms. The molecule has 0 spiro atoms. The summed E-state index contributed by atoms with van der Waals surface area (Å²) in [4.78, 5) is 20.8. The highest BCUT2D eigenvalue weighted by Crippen LogP contribution is 2.14. The first-order valence-electron chi connectivity index (χ1n) is 4.23. The second kappa shape index (κ2) is 4.77. The highest BCUT2D eigenvalue weighted by atomic mass is 16.5. The quantitative estimate of drug-likeness (QED) is 0.516. The van der Waals surface area contributed by atoms with Gasteiger partial charge in [0, 0.05) is 12.5 Å². The van der Waals surface area contributed by atoms with E-state index in [0.717, 1.165) is 25.5 Å². The fraction of sp³-hybridized carbons (Fsp3) is 0.556. The zero-order valence-electron chi connectivity index (χ0n) is 7.23. The van der Waals surface area contributed by atoms with E-state index in [1.165, 1.54) is 0 Å². The lowest BCUT2D eigenvalue weighted by atomic mass is 10.0. The molecule has 1 unspecified atom stereocenters. The highest BCUT2D eigenvalue weighted by Gasteiger charge is 2.12. The van der Waals surface area contributed by atoms with E-state index in [-0.39, 0.29) is 5.92 Å². The molecule has 0 amide bonds. The Hall–Kier alpha value is -1.16. The normalized spacial score (nSPS) is 23.2. The van der Waals surface area contributed by atoms with Crippen LogP contribution in [0.5, 0.6) is 0 Å². The number of carbonyl (C=O) groups excluding carboxylic acids is 1. The van der Waals surface area contributed by atoms with Gasteiger partial charge in [-0.15, -0.1) is 0 Å². The molecular formula is C9H12O4. The number of aliphatic carboxylic acids is 1. The standard InChI is InChI=1S/C9H12O4/c10-8(9(11)12)4-3-7-2-1-5-13-6-7/h3-4,7H,1-2,5-6H2,(H,11,12)/b4-3+. The fourth-order valence-electron chi connectivity index (χ4n) is 1.21. The van der Waals surface area contributed by atoms with E-state index >= 15 is 0 Å². The molecule has 13 heavy (non-hydrogen) atoms. The van der Waals surface area contributed by atoms with Crippen molar-refractivity contribution in [2.24, 2.45) is 5.92 Å². The maximum atomic E-state index is 10.7. The lowest BCUT2D eigenvalue weighted by Crippen LogP contribution is -2.16. The molecule has 1 aliphatic rings. The average molecular weight is 184 g/mol. The maximum absolute atomic E-state index is 10.7. The molecule has 1 fully saturated rings. The number of carboxylic acid groups (broad SMARTS) is 1. The first kappa shape index (κ1) is 9.92. The molecule has 1 N–H and O–H groups in total. The van der Waals surface area contributed by atoms with Gasteiger partial charge in [-0.2, -0.15) is 0 Å². The molecule has 0 bridgehead atoms. The third kappa shape index (κ3) is 3.38. The SMILES string of the molecule is O=C(O)C(=O)/C=C/C1CCCOC1. The molecule has 1 heterocycles. The van der Waals surface area contributed by atoms with Crippen LogP contribution >= 0.6 is 0 Å². The number of ether oxygens (including phenoxy) is 1. The number of rotatable bonds is 3. The Morgan fingerprint density at radius 3 is 2.77 bits per heavy atom. The molecule has 0 saturated carbocycles. The van der Waals surface area contributed by atoms with E-state index in [9.17, 15) is 9.59 Å². The van der Waals surface area contributed by atoms with Crippen molar-refractivity contribution in [3.8, 4) is 0 Å². The summed E-state index contributed by atoms with van der Waals surface area (Å²) in [5.41, 5.74) is 0. The van der Waals surface area contributed by atoms with Gasteiger partial charge in [0.05, 0.1) is 6.61 Å². The molecular weight excluding hydrogens is 172 g/mol. The molecule has 0 aliphatic carbocycles. The monoisotopic (exact) mass is 184 g/mol. The van der Waals surface area contributed by atoms with Crippen LogP contribution in [0.25, 0.3) is 0 Å². The van der Waals surface area contributed by atoms with Crippen LogP contribution < -0.4 is 0 Å². The number of hydrogen-bond donors (Lipinski definition) is 1. The van der Waals surface area contributed by atoms with Crippen LogP contribution in [0.4, 0.5) is 0 Å². The summed E-state index contributed by atoms with van der Waals surface area (Å²) in [6.45, 7) is 1.35. The Labute approximate surface area is 76.2 Å². The summed E-state index contributed by atoms with van der Waals surface area (Å²) in [6, 6.07) is 0. The van der Waals surface area contributed by atoms with Gasteiger partial charge >= 0.3 is 5.97 Å². The van der Waals surface area contributed by atoms with Gasteiger partial charge in [0.1, 0.15) is 0 Å². The average Bonchev–Trinajstić information content (AvgIpc) is 2.15.